The van der Waals surface area contributed by atoms with Gasteiger partial charge in [0.25, 0.3) is 5.91 Å². The lowest BCUT2D eigenvalue weighted by Crippen LogP contribution is -2.59. The second-order valence-corrected chi connectivity index (χ2v) is 14.6. The van der Waals surface area contributed by atoms with Crippen molar-refractivity contribution in [1.82, 2.24) is 21.3 Å². The molecule has 0 saturated carbocycles. The van der Waals surface area contributed by atoms with E-state index in [0.29, 0.717) is 21.9 Å². The number of halogens is 1. The van der Waals surface area contributed by atoms with Crippen LogP contribution in [0.2, 0.25) is 5.02 Å². The predicted molar refractivity (Wildman–Crippen MR) is 210 cm³/mol. The quantitative estimate of drug-likeness (QED) is 0.142. The van der Waals surface area contributed by atoms with Crippen LogP contribution in [0.25, 0.3) is 11.1 Å². The number of thiophene rings is 1. The number of nitrogens with one attached hydrogen (secondary N) is 4. The zero-order chi connectivity index (χ0) is 38.7. The third kappa shape index (κ3) is 11.0. The summed E-state index contributed by atoms with van der Waals surface area (Å²) >= 11 is 7.50. The molecule has 55 heavy (non-hydrogen) atoms. The fourth-order valence-corrected chi connectivity index (χ4v) is 7.06. The van der Waals surface area contributed by atoms with E-state index in [1.807, 2.05) is 60.0 Å². The number of hydrogen-bond donors (Lipinski definition) is 5. The van der Waals surface area contributed by atoms with E-state index in [1.54, 1.807) is 60.7 Å². The number of carboxylic acid groups (broad SMARTS) is 1. The lowest BCUT2D eigenvalue weighted by atomic mass is 9.99. The van der Waals surface area contributed by atoms with Crippen LogP contribution in [0.3, 0.4) is 0 Å². The van der Waals surface area contributed by atoms with Crippen molar-refractivity contribution < 1.29 is 33.8 Å². The third-order valence-corrected chi connectivity index (χ3v) is 10.3. The summed E-state index contributed by atoms with van der Waals surface area (Å²) in [5.74, 6) is -3.45. The molecule has 5 aromatic rings. The number of rotatable bonds is 8. The van der Waals surface area contributed by atoms with Crippen LogP contribution < -0.4 is 26.0 Å². The third-order valence-electron chi connectivity index (χ3n) is 9.10. The van der Waals surface area contributed by atoms with E-state index in [-0.39, 0.29) is 25.7 Å². The number of fused-ring (bicyclic) bond motifs is 16. The van der Waals surface area contributed by atoms with E-state index in [9.17, 15) is 29.1 Å². The number of aliphatic carboxylic acids is 1. The van der Waals surface area contributed by atoms with Crippen molar-refractivity contribution in [2.75, 3.05) is 6.61 Å². The first-order chi connectivity index (χ1) is 26.6. The van der Waals surface area contributed by atoms with Crippen LogP contribution in [0.15, 0.2) is 121 Å². The minimum absolute atomic E-state index is 0.0344. The van der Waals surface area contributed by atoms with Crippen LogP contribution in [-0.2, 0) is 49.7 Å². The highest BCUT2D eigenvalue weighted by molar-refractivity contribution is 7.09. The minimum atomic E-state index is -1.32. The van der Waals surface area contributed by atoms with Crippen LogP contribution in [-0.4, -0.2) is 65.5 Å². The molecule has 2 bridgehead atoms. The molecule has 4 amide bonds. The summed E-state index contributed by atoms with van der Waals surface area (Å²) < 4.78 is 5.68. The van der Waals surface area contributed by atoms with Crippen molar-refractivity contribution in [2.45, 2.75) is 49.9 Å². The molecule has 7 rings (SSSR count). The standard InChI is InChI=1S/C42H39ClN4O7S/c43-31-16-14-30(15-17-31)29-12-8-27(9-13-29)22-35-39(49)45-34(21-26-5-2-1-3-6-26)40(50)47-37(42(52)53)23-28-10-18-32(19-11-28)54-25-38(48)44-36(41(51)46-35)24-33-7-4-20-55-33/h1-20,34-37H,21-25H2,(H,44,48)(H,45,49)(H,46,51)(H,47,50)(H,52,53)/t34-,35-,36-,37-/m0/s1. The highest BCUT2D eigenvalue weighted by atomic mass is 35.5. The Bertz CT molecular complexity index is 2090. The van der Waals surface area contributed by atoms with Gasteiger partial charge in [0.2, 0.25) is 17.7 Å². The Morgan fingerprint density at radius 3 is 1.80 bits per heavy atom. The van der Waals surface area contributed by atoms with Crippen molar-refractivity contribution in [3.8, 4) is 16.9 Å². The van der Waals surface area contributed by atoms with E-state index in [2.05, 4.69) is 21.3 Å². The number of carboxylic acids is 1. The zero-order valence-electron chi connectivity index (χ0n) is 29.6. The van der Waals surface area contributed by atoms with Gasteiger partial charge in [-0.15, -0.1) is 11.3 Å². The Balaban J connectivity index is 1.34. The van der Waals surface area contributed by atoms with Crippen LogP contribution in [0.4, 0.5) is 0 Å². The molecular weight excluding hydrogens is 740 g/mol. The molecule has 0 aliphatic carbocycles. The maximum Gasteiger partial charge on any atom is 0.326 e. The Labute approximate surface area is 327 Å². The molecule has 2 aliphatic heterocycles. The fourth-order valence-electron chi connectivity index (χ4n) is 6.18. The molecule has 4 atom stereocenters. The van der Waals surface area contributed by atoms with Crippen molar-refractivity contribution in [2.24, 2.45) is 0 Å². The Hall–Kier alpha value is -5.98. The summed E-state index contributed by atoms with van der Waals surface area (Å²) in [4.78, 5) is 68.7. The van der Waals surface area contributed by atoms with Gasteiger partial charge in [-0.2, -0.15) is 0 Å². The first-order valence-corrected chi connectivity index (χ1v) is 18.9. The normalized spacial score (nSPS) is 19.7. The zero-order valence-corrected chi connectivity index (χ0v) is 31.1. The van der Waals surface area contributed by atoms with Gasteiger partial charge in [-0.25, -0.2) is 4.79 Å². The number of ether oxygens (including phenoxy) is 1. The molecule has 4 aromatic carbocycles. The molecule has 0 unspecified atom stereocenters. The van der Waals surface area contributed by atoms with Crippen LogP contribution in [0.1, 0.15) is 21.6 Å². The van der Waals surface area contributed by atoms with E-state index >= 15 is 0 Å². The van der Waals surface area contributed by atoms with Gasteiger partial charge in [0.1, 0.15) is 29.9 Å². The van der Waals surface area contributed by atoms with Crippen LogP contribution in [0.5, 0.6) is 5.75 Å². The van der Waals surface area contributed by atoms with Crippen LogP contribution >= 0.6 is 22.9 Å². The molecule has 3 heterocycles. The number of amides is 4. The van der Waals surface area contributed by atoms with E-state index < -0.39 is 60.4 Å². The van der Waals surface area contributed by atoms with Gasteiger partial charge in [-0.3, -0.25) is 19.2 Å². The van der Waals surface area contributed by atoms with Gasteiger partial charge < -0.3 is 31.1 Å². The topological polar surface area (TPSA) is 163 Å². The summed E-state index contributed by atoms with van der Waals surface area (Å²) in [6.45, 7) is -0.396. The Morgan fingerprint density at radius 1 is 0.655 bits per heavy atom. The summed E-state index contributed by atoms with van der Waals surface area (Å²) in [5.41, 5.74) is 3.89. The van der Waals surface area contributed by atoms with Gasteiger partial charge in [-0.05, 0) is 63.5 Å². The van der Waals surface area contributed by atoms with Crippen molar-refractivity contribution >= 4 is 52.5 Å². The molecule has 5 N–H and O–H groups in total. The molecule has 2 aliphatic rings. The molecule has 0 saturated heterocycles. The monoisotopic (exact) mass is 778 g/mol. The van der Waals surface area contributed by atoms with Gasteiger partial charge in [0, 0.05) is 35.6 Å². The average molecular weight is 779 g/mol. The Kier molecular flexibility index (Phi) is 12.9. The largest absolute Gasteiger partial charge is 0.484 e. The smallest absolute Gasteiger partial charge is 0.326 e. The van der Waals surface area contributed by atoms with E-state index in [1.165, 1.54) is 11.3 Å². The molecule has 0 fully saturated rings. The molecule has 13 heteroatoms. The molecule has 282 valence electrons. The summed E-state index contributed by atoms with van der Waals surface area (Å²) in [7, 11) is 0. The molecule has 0 spiro atoms. The Morgan fingerprint density at radius 2 is 1.22 bits per heavy atom. The summed E-state index contributed by atoms with van der Waals surface area (Å²) in [6.07, 6.45) is 0.184. The average Bonchev–Trinajstić information content (AvgIpc) is 3.70. The van der Waals surface area contributed by atoms with E-state index in [4.69, 9.17) is 16.3 Å². The maximum atomic E-state index is 14.3. The van der Waals surface area contributed by atoms with Gasteiger partial charge in [0.15, 0.2) is 6.61 Å². The highest BCUT2D eigenvalue weighted by Gasteiger charge is 2.32. The minimum Gasteiger partial charge on any atom is -0.484 e. The second-order valence-electron chi connectivity index (χ2n) is 13.2. The van der Waals surface area contributed by atoms with Crippen molar-refractivity contribution in [3.63, 3.8) is 0 Å². The van der Waals surface area contributed by atoms with Gasteiger partial charge in [0.05, 0.1) is 0 Å². The van der Waals surface area contributed by atoms with Gasteiger partial charge in [-0.1, -0.05) is 96.5 Å². The lowest BCUT2D eigenvalue weighted by Gasteiger charge is -2.26. The second kappa shape index (κ2) is 18.4. The van der Waals surface area contributed by atoms with Crippen LogP contribution in [0, 0.1) is 0 Å². The molecular formula is C42H39ClN4O7S. The highest BCUT2D eigenvalue weighted by Crippen LogP contribution is 2.23. The molecule has 1 aromatic heterocycles. The van der Waals surface area contributed by atoms with E-state index in [0.717, 1.165) is 21.6 Å². The first kappa shape index (κ1) is 38.7. The number of benzene rings is 4. The number of hydrogen-bond acceptors (Lipinski definition) is 7. The number of carbonyl (C=O) groups excluding carboxylic acids is 4. The predicted octanol–water partition coefficient (Wildman–Crippen LogP) is 4.76. The van der Waals surface area contributed by atoms with Crippen molar-refractivity contribution in [3.05, 3.63) is 147 Å². The molecule has 0 radical (unpaired) electrons. The SMILES string of the molecule is O=C1COc2ccc(cc2)C[C@@H](C(=O)O)NC(=O)[C@H](Cc2ccccc2)NC(=O)[C@H](Cc2ccc(-c3ccc(Cl)cc3)cc2)NC(=O)[C@H](Cc2cccs2)N1. The first-order valence-electron chi connectivity index (χ1n) is 17.7. The van der Waals surface area contributed by atoms with Gasteiger partial charge >= 0.3 is 5.97 Å². The lowest BCUT2D eigenvalue weighted by molar-refractivity contribution is -0.142. The maximum absolute atomic E-state index is 14.3. The fraction of sp³-hybridized carbons (Fsp3) is 0.214. The summed E-state index contributed by atoms with van der Waals surface area (Å²) in [5, 5.41) is 23.6. The summed E-state index contributed by atoms with van der Waals surface area (Å²) in [6, 6.07) is 29.2. The number of carbonyl (C=O) groups is 5. The molecule has 11 nitrogen and oxygen atoms in total. The van der Waals surface area contributed by atoms with Crippen molar-refractivity contribution in [1.29, 1.82) is 0 Å².